The van der Waals surface area contributed by atoms with E-state index in [-0.39, 0.29) is 23.4 Å². The molecule has 2 aromatic carbocycles. The first-order chi connectivity index (χ1) is 17.0. The Labute approximate surface area is 203 Å². The summed E-state index contributed by atoms with van der Waals surface area (Å²) in [5, 5.41) is 2.81. The summed E-state index contributed by atoms with van der Waals surface area (Å²) in [6, 6.07) is 14.7. The summed E-state index contributed by atoms with van der Waals surface area (Å²) in [5.74, 6) is -0.0445. The van der Waals surface area contributed by atoms with Gasteiger partial charge in [0.15, 0.2) is 11.9 Å². The largest absolute Gasteiger partial charge is 0.481 e. The number of benzene rings is 2. The molecule has 3 aromatic rings. The summed E-state index contributed by atoms with van der Waals surface area (Å²) in [6.07, 6.45) is 1.93. The van der Waals surface area contributed by atoms with Crippen molar-refractivity contribution in [1.29, 1.82) is 0 Å². The van der Waals surface area contributed by atoms with Crippen LogP contribution in [0.25, 0.3) is 0 Å². The number of halogens is 1. The summed E-state index contributed by atoms with van der Waals surface area (Å²) in [7, 11) is 1.57. The molecule has 0 saturated carbocycles. The Morgan fingerprint density at radius 2 is 2.00 bits per heavy atom. The van der Waals surface area contributed by atoms with E-state index in [2.05, 4.69) is 5.32 Å². The molecule has 0 radical (unpaired) electrons. The van der Waals surface area contributed by atoms with E-state index in [9.17, 15) is 14.0 Å². The third-order valence-electron chi connectivity index (χ3n) is 6.07. The van der Waals surface area contributed by atoms with Gasteiger partial charge in [-0.05, 0) is 65.9 Å². The second kappa shape index (κ2) is 11.2. The number of rotatable bonds is 9. The van der Waals surface area contributed by atoms with Gasteiger partial charge in [0.25, 0.3) is 11.8 Å². The van der Waals surface area contributed by atoms with Crippen LogP contribution in [0, 0.1) is 5.82 Å². The van der Waals surface area contributed by atoms with Crippen LogP contribution in [0.1, 0.15) is 46.6 Å². The molecule has 2 atom stereocenters. The molecule has 1 aliphatic rings. The van der Waals surface area contributed by atoms with Gasteiger partial charge in [-0.3, -0.25) is 9.59 Å². The van der Waals surface area contributed by atoms with Crippen molar-refractivity contribution >= 4 is 11.8 Å². The zero-order chi connectivity index (χ0) is 24.8. The minimum Gasteiger partial charge on any atom is -0.481 e. The molecular weight excluding hydrogens is 451 g/mol. The van der Waals surface area contributed by atoms with E-state index in [0.717, 1.165) is 16.7 Å². The Morgan fingerprint density at radius 1 is 1.20 bits per heavy atom. The van der Waals surface area contributed by atoms with Gasteiger partial charge < -0.3 is 24.1 Å². The second-order valence-corrected chi connectivity index (χ2v) is 8.34. The van der Waals surface area contributed by atoms with Gasteiger partial charge >= 0.3 is 0 Å². The minimum absolute atomic E-state index is 0.216. The quantitative estimate of drug-likeness (QED) is 0.466. The molecule has 0 saturated heterocycles. The molecular formula is C27H29FN2O5. The van der Waals surface area contributed by atoms with Crippen molar-refractivity contribution in [2.24, 2.45) is 0 Å². The Balaban J connectivity index is 1.66. The van der Waals surface area contributed by atoms with Crippen LogP contribution in [0.3, 0.4) is 0 Å². The predicted octanol–water partition coefficient (Wildman–Crippen LogP) is 4.13. The van der Waals surface area contributed by atoms with E-state index in [4.69, 9.17) is 13.9 Å². The number of furan rings is 1. The SMILES string of the molecule is CCC(Oc1ccc2c(c1)C(c1ccc(F)cc1)N(C(=O)c1ccco1)CC2)C(=O)NCCOC. The van der Waals surface area contributed by atoms with Gasteiger partial charge in [-0.25, -0.2) is 4.39 Å². The lowest BCUT2D eigenvalue weighted by molar-refractivity contribution is -0.128. The first-order valence-corrected chi connectivity index (χ1v) is 11.7. The normalized spacial score (nSPS) is 15.9. The number of ether oxygens (including phenoxy) is 2. The summed E-state index contributed by atoms with van der Waals surface area (Å²) in [5.41, 5.74) is 2.71. The topological polar surface area (TPSA) is 81.0 Å². The van der Waals surface area contributed by atoms with Crippen molar-refractivity contribution in [1.82, 2.24) is 10.2 Å². The van der Waals surface area contributed by atoms with Gasteiger partial charge in [0.1, 0.15) is 11.6 Å². The lowest BCUT2D eigenvalue weighted by atomic mass is 9.87. The van der Waals surface area contributed by atoms with Crippen molar-refractivity contribution in [3.63, 3.8) is 0 Å². The molecule has 1 N–H and O–H groups in total. The highest BCUT2D eigenvalue weighted by Crippen LogP contribution is 2.38. The Bertz CT molecular complexity index is 1150. The van der Waals surface area contributed by atoms with Crippen molar-refractivity contribution < 1.29 is 27.9 Å². The number of hydrogen-bond donors (Lipinski definition) is 1. The fourth-order valence-corrected chi connectivity index (χ4v) is 4.31. The highest BCUT2D eigenvalue weighted by Gasteiger charge is 2.34. The maximum absolute atomic E-state index is 13.7. The van der Waals surface area contributed by atoms with Crippen molar-refractivity contribution in [3.05, 3.63) is 89.1 Å². The lowest BCUT2D eigenvalue weighted by Crippen LogP contribution is -2.41. The van der Waals surface area contributed by atoms with Crippen LogP contribution in [-0.2, 0) is 16.0 Å². The molecule has 35 heavy (non-hydrogen) atoms. The number of carbonyl (C=O) groups excluding carboxylic acids is 2. The number of nitrogens with one attached hydrogen (secondary N) is 1. The molecule has 4 rings (SSSR count). The molecule has 2 heterocycles. The molecule has 1 aliphatic heterocycles. The van der Waals surface area contributed by atoms with E-state index in [0.29, 0.717) is 38.3 Å². The van der Waals surface area contributed by atoms with E-state index >= 15 is 0 Å². The van der Waals surface area contributed by atoms with E-state index in [1.54, 1.807) is 36.3 Å². The van der Waals surface area contributed by atoms with Crippen LogP contribution in [0.5, 0.6) is 5.75 Å². The molecule has 184 valence electrons. The van der Waals surface area contributed by atoms with Gasteiger partial charge in [-0.15, -0.1) is 0 Å². The van der Waals surface area contributed by atoms with E-state index in [1.165, 1.54) is 18.4 Å². The van der Waals surface area contributed by atoms with Gasteiger partial charge in [-0.2, -0.15) is 0 Å². The van der Waals surface area contributed by atoms with Crippen LogP contribution in [0.2, 0.25) is 0 Å². The Kier molecular flexibility index (Phi) is 7.82. The lowest BCUT2D eigenvalue weighted by Gasteiger charge is -2.37. The predicted molar refractivity (Wildman–Crippen MR) is 128 cm³/mol. The van der Waals surface area contributed by atoms with Crippen LogP contribution in [-0.4, -0.2) is 49.6 Å². The number of methoxy groups -OCH3 is 1. The van der Waals surface area contributed by atoms with Gasteiger partial charge in [0.2, 0.25) is 0 Å². The Morgan fingerprint density at radius 3 is 2.69 bits per heavy atom. The smallest absolute Gasteiger partial charge is 0.290 e. The molecule has 0 spiro atoms. The van der Waals surface area contributed by atoms with Gasteiger partial charge in [-0.1, -0.05) is 25.1 Å². The zero-order valence-corrected chi connectivity index (χ0v) is 19.8. The average Bonchev–Trinajstić information content (AvgIpc) is 3.42. The minimum atomic E-state index is -0.668. The molecule has 0 bridgehead atoms. The molecule has 8 heteroatoms. The fourth-order valence-electron chi connectivity index (χ4n) is 4.31. The van der Waals surface area contributed by atoms with Crippen LogP contribution >= 0.6 is 0 Å². The highest BCUT2D eigenvalue weighted by molar-refractivity contribution is 5.92. The number of nitrogens with zero attached hydrogens (tertiary/aromatic N) is 1. The average molecular weight is 481 g/mol. The first-order valence-electron chi connectivity index (χ1n) is 11.7. The highest BCUT2D eigenvalue weighted by atomic mass is 19.1. The summed E-state index contributed by atoms with van der Waals surface area (Å²) in [4.78, 5) is 27.6. The van der Waals surface area contributed by atoms with Crippen LogP contribution in [0.15, 0.2) is 65.3 Å². The second-order valence-electron chi connectivity index (χ2n) is 8.34. The number of carbonyl (C=O) groups is 2. The number of hydrogen-bond acceptors (Lipinski definition) is 5. The summed E-state index contributed by atoms with van der Waals surface area (Å²) < 4.78 is 30.1. The molecule has 2 amide bonds. The summed E-state index contributed by atoms with van der Waals surface area (Å²) >= 11 is 0. The standard InChI is InChI=1S/C27H29FN2O5/c1-3-23(26(31)29-13-16-33-2)35-21-11-8-18-12-14-30(27(32)24-5-4-15-34-24)25(22(18)17-21)19-6-9-20(28)10-7-19/h4-11,15,17,23,25H,3,12-14,16H2,1-2H3,(H,29,31). The third-order valence-corrected chi connectivity index (χ3v) is 6.07. The number of amides is 2. The maximum atomic E-state index is 13.7. The third kappa shape index (κ3) is 5.54. The molecule has 1 aromatic heterocycles. The van der Waals surface area contributed by atoms with Crippen molar-refractivity contribution in [3.8, 4) is 5.75 Å². The molecule has 0 fully saturated rings. The van der Waals surface area contributed by atoms with E-state index < -0.39 is 12.1 Å². The van der Waals surface area contributed by atoms with Crippen molar-refractivity contribution in [2.45, 2.75) is 31.9 Å². The summed E-state index contributed by atoms with van der Waals surface area (Å²) in [6.45, 7) is 3.17. The van der Waals surface area contributed by atoms with Crippen LogP contribution in [0.4, 0.5) is 4.39 Å². The van der Waals surface area contributed by atoms with Gasteiger partial charge in [0.05, 0.1) is 18.9 Å². The first kappa shape index (κ1) is 24.5. The Hall–Kier alpha value is -3.65. The van der Waals surface area contributed by atoms with Crippen LogP contribution < -0.4 is 10.1 Å². The molecule has 0 aliphatic carbocycles. The molecule has 7 nitrogen and oxygen atoms in total. The molecule has 2 unspecified atom stereocenters. The van der Waals surface area contributed by atoms with Crippen molar-refractivity contribution in [2.75, 3.05) is 26.8 Å². The van der Waals surface area contributed by atoms with E-state index in [1.807, 2.05) is 25.1 Å². The number of fused-ring (bicyclic) bond motifs is 1. The van der Waals surface area contributed by atoms with Gasteiger partial charge in [0, 0.05) is 20.2 Å². The maximum Gasteiger partial charge on any atom is 0.290 e. The monoisotopic (exact) mass is 480 g/mol. The fraction of sp³-hybridized carbons (Fsp3) is 0.333. The zero-order valence-electron chi connectivity index (χ0n) is 19.8.